The van der Waals surface area contributed by atoms with Gasteiger partial charge in [0.2, 0.25) is 0 Å². The molecule has 0 radical (unpaired) electrons. The second-order valence-corrected chi connectivity index (χ2v) is 5.21. The summed E-state index contributed by atoms with van der Waals surface area (Å²) in [6.07, 6.45) is 4.00. The first kappa shape index (κ1) is 9.41. The topological polar surface area (TPSA) is 3.24 Å². The van der Waals surface area contributed by atoms with E-state index < -0.39 is 0 Å². The van der Waals surface area contributed by atoms with Gasteiger partial charge in [-0.1, -0.05) is 18.2 Å². The van der Waals surface area contributed by atoms with Gasteiger partial charge >= 0.3 is 0 Å². The predicted octanol–water partition coefficient (Wildman–Crippen LogP) is 2.73. The average Bonchev–Trinajstić information content (AvgIpc) is 2.24. The van der Waals surface area contributed by atoms with Crippen LogP contribution in [0.25, 0.3) is 0 Å². The number of fused-ring (bicyclic) bond motifs is 4. The maximum atomic E-state index is 2.54. The molecule has 0 amide bonds. The Labute approximate surface area is 92.1 Å². The van der Waals surface area contributed by atoms with Crippen LogP contribution in [0.15, 0.2) is 18.2 Å². The van der Waals surface area contributed by atoms with Crippen molar-refractivity contribution in [1.29, 1.82) is 0 Å². The SMILES string of the molecule is Cc1cccc2c1C1CCN(C)C(C2)C1. The Bertz CT molecular complexity index is 383. The molecule has 1 heteroatoms. The van der Waals surface area contributed by atoms with Crippen LogP contribution in [0.3, 0.4) is 0 Å². The van der Waals surface area contributed by atoms with Crippen LogP contribution in [-0.4, -0.2) is 24.5 Å². The van der Waals surface area contributed by atoms with Crippen LogP contribution >= 0.6 is 0 Å². The van der Waals surface area contributed by atoms with Gasteiger partial charge < -0.3 is 4.90 Å². The Morgan fingerprint density at radius 1 is 1.33 bits per heavy atom. The molecule has 1 heterocycles. The molecular weight excluding hydrogens is 182 g/mol. The maximum absolute atomic E-state index is 2.54. The van der Waals surface area contributed by atoms with E-state index in [0.717, 1.165) is 12.0 Å². The van der Waals surface area contributed by atoms with Gasteiger partial charge in [0.25, 0.3) is 0 Å². The molecule has 2 bridgehead atoms. The highest BCUT2D eigenvalue weighted by molar-refractivity contribution is 5.40. The van der Waals surface area contributed by atoms with E-state index in [-0.39, 0.29) is 0 Å². The largest absolute Gasteiger partial charge is 0.303 e. The molecule has 0 N–H and O–H groups in total. The molecule has 0 spiro atoms. The molecule has 1 aliphatic heterocycles. The van der Waals surface area contributed by atoms with Crippen molar-refractivity contribution < 1.29 is 0 Å². The van der Waals surface area contributed by atoms with Gasteiger partial charge in [-0.25, -0.2) is 0 Å². The average molecular weight is 201 g/mol. The third kappa shape index (κ3) is 1.41. The van der Waals surface area contributed by atoms with Gasteiger partial charge in [-0.3, -0.25) is 0 Å². The van der Waals surface area contributed by atoms with Gasteiger partial charge in [0.05, 0.1) is 0 Å². The standard InChI is InChI=1S/C14H19N/c1-10-4-3-5-11-8-13-9-12(14(10)11)6-7-15(13)2/h3-5,12-13H,6-9H2,1-2H3. The van der Waals surface area contributed by atoms with Gasteiger partial charge in [-0.15, -0.1) is 0 Å². The zero-order valence-corrected chi connectivity index (χ0v) is 9.66. The summed E-state index contributed by atoms with van der Waals surface area (Å²) in [6, 6.07) is 7.63. The number of hydrogen-bond acceptors (Lipinski definition) is 1. The second-order valence-electron chi connectivity index (χ2n) is 5.21. The zero-order chi connectivity index (χ0) is 10.4. The van der Waals surface area contributed by atoms with E-state index in [2.05, 4.69) is 37.1 Å². The molecule has 1 fully saturated rings. The van der Waals surface area contributed by atoms with E-state index in [0.29, 0.717) is 0 Å². The summed E-state index contributed by atoms with van der Waals surface area (Å²) in [6.45, 7) is 3.56. The van der Waals surface area contributed by atoms with E-state index in [1.165, 1.54) is 31.4 Å². The quantitative estimate of drug-likeness (QED) is 0.624. The molecule has 0 aromatic heterocycles. The first-order valence-electron chi connectivity index (χ1n) is 6.04. The van der Waals surface area contributed by atoms with E-state index in [9.17, 15) is 0 Å². The van der Waals surface area contributed by atoms with Crippen molar-refractivity contribution in [1.82, 2.24) is 4.90 Å². The molecule has 1 saturated heterocycles. The molecule has 1 nitrogen and oxygen atoms in total. The molecule has 1 aliphatic carbocycles. The summed E-state index contributed by atoms with van der Waals surface area (Å²) >= 11 is 0. The minimum absolute atomic E-state index is 0.804. The van der Waals surface area contributed by atoms with Gasteiger partial charge in [0.15, 0.2) is 0 Å². The van der Waals surface area contributed by atoms with E-state index in [4.69, 9.17) is 0 Å². The molecule has 80 valence electrons. The fraction of sp³-hybridized carbons (Fsp3) is 0.571. The highest BCUT2D eigenvalue weighted by Crippen LogP contribution is 2.40. The molecule has 15 heavy (non-hydrogen) atoms. The Balaban J connectivity index is 2.07. The predicted molar refractivity (Wildman–Crippen MR) is 63.3 cm³/mol. The van der Waals surface area contributed by atoms with Crippen LogP contribution in [-0.2, 0) is 6.42 Å². The van der Waals surface area contributed by atoms with Crippen LogP contribution in [0.1, 0.15) is 35.4 Å². The fourth-order valence-electron chi connectivity index (χ4n) is 3.43. The maximum Gasteiger partial charge on any atom is 0.0139 e. The summed E-state index contributed by atoms with van der Waals surface area (Å²) in [5, 5.41) is 0. The molecule has 2 atom stereocenters. The Hall–Kier alpha value is -0.820. The van der Waals surface area contributed by atoms with Crippen molar-refractivity contribution in [3.63, 3.8) is 0 Å². The minimum atomic E-state index is 0.804. The lowest BCUT2D eigenvalue weighted by Crippen LogP contribution is -2.43. The fourth-order valence-corrected chi connectivity index (χ4v) is 3.43. The molecule has 1 aromatic carbocycles. The van der Waals surface area contributed by atoms with Crippen molar-refractivity contribution in [2.75, 3.05) is 13.6 Å². The first-order valence-corrected chi connectivity index (χ1v) is 6.04. The lowest BCUT2D eigenvalue weighted by molar-refractivity contribution is 0.157. The summed E-state index contributed by atoms with van der Waals surface area (Å²) in [5.74, 6) is 0.844. The number of aryl methyl sites for hydroxylation is 1. The smallest absolute Gasteiger partial charge is 0.0139 e. The Morgan fingerprint density at radius 2 is 2.20 bits per heavy atom. The normalized spacial score (nSPS) is 30.0. The van der Waals surface area contributed by atoms with Crippen LogP contribution in [0.4, 0.5) is 0 Å². The third-order valence-corrected chi connectivity index (χ3v) is 4.29. The monoisotopic (exact) mass is 201 g/mol. The van der Waals surface area contributed by atoms with Crippen molar-refractivity contribution in [3.05, 3.63) is 34.9 Å². The van der Waals surface area contributed by atoms with Crippen molar-refractivity contribution in [2.24, 2.45) is 0 Å². The van der Waals surface area contributed by atoms with Gasteiger partial charge in [0.1, 0.15) is 0 Å². The Kier molecular flexibility index (Phi) is 2.10. The Morgan fingerprint density at radius 3 is 3.07 bits per heavy atom. The lowest BCUT2D eigenvalue weighted by atomic mass is 9.74. The molecular formula is C14H19N. The van der Waals surface area contributed by atoms with Crippen LogP contribution in [0.2, 0.25) is 0 Å². The summed E-state index contributed by atoms with van der Waals surface area (Å²) in [4.78, 5) is 2.54. The highest BCUT2D eigenvalue weighted by Gasteiger charge is 2.33. The van der Waals surface area contributed by atoms with Gasteiger partial charge in [0, 0.05) is 6.04 Å². The molecule has 2 unspecified atom stereocenters. The second kappa shape index (κ2) is 3.34. The molecule has 1 aromatic rings. The number of likely N-dealkylation sites (N-methyl/N-ethyl adjacent to an activating group) is 1. The number of benzene rings is 1. The molecule has 2 aliphatic rings. The van der Waals surface area contributed by atoms with Crippen molar-refractivity contribution >= 4 is 0 Å². The van der Waals surface area contributed by atoms with Gasteiger partial charge in [-0.2, -0.15) is 0 Å². The van der Waals surface area contributed by atoms with E-state index >= 15 is 0 Å². The van der Waals surface area contributed by atoms with E-state index in [1.807, 2.05) is 0 Å². The highest BCUT2D eigenvalue weighted by atomic mass is 15.1. The van der Waals surface area contributed by atoms with Gasteiger partial charge in [-0.05, 0) is 62.4 Å². The minimum Gasteiger partial charge on any atom is -0.303 e. The number of nitrogens with zero attached hydrogens (tertiary/aromatic N) is 1. The summed E-state index contributed by atoms with van der Waals surface area (Å²) in [7, 11) is 2.28. The summed E-state index contributed by atoms with van der Waals surface area (Å²) in [5.41, 5.74) is 4.81. The molecule has 3 rings (SSSR count). The van der Waals surface area contributed by atoms with Crippen LogP contribution < -0.4 is 0 Å². The van der Waals surface area contributed by atoms with Crippen LogP contribution in [0.5, 0.6) is 0 Å². The number of hydrogen-bond donors (Lipinski definition) is 0. The molecule has 0 saturated carbocycles. The van der Waals surface area contributed by atoms with Crippen LogP contribution in [0, 0.1) is 6.92 Å². The number of piperidine rings is 1. The number of rotatable bonds is 0. The zero-order valence-electron chi connectivity index (χ0n) is 9.66. The van der Waals surface area contributed by atoms with Crippen molar-refractivity contribution in [3.8, 4) is 0 Å². The van der Waals surface area contributed by atoms with Crippen molar-refractivity contribution in [2.45, 2.75) is 38.1 Å². The van der Waals surface area contributed by atoms with E-state index in [1.54, 1.807) is 11.1 Å². The first-order chi connectivity index (χ1) is 7.25. The lowest BCUT2D eigenvalue weighted by Gasteiger charge is -2.42. The number of likely N-dealkylation sites (tertiary alicyclic amines) is 1. The summed E-state index contributed by atoms with van der Waals surface area (Å²) < 4.78 is 0. The third-order valence-electron chi connectivity index (χ3n) is 4.29.